The first-order chi connectivity index (χ1) is 9.06. The van der Waals surface area contributed by atoms with Crippen molar-refractivity contribution in [3.05, 3.63) is 33.8 Å². The van der Waals surface area contributed by atoms with Crippen LogP contribution in [-0.2, 0) is 22.4 Å². The predicted octanol–water partition coefficient (Wildman–Crippen LogP) is 3.68. The first-order valence-electron chi connectivity index (χ1n) is 6.63. The topological polar surface area (TPSA) is 46.5 Å². The average molecular weight is 359 g/mol. The van der Waals surface area contributed by atoms with Crippen LogP contribution in [0.3, 0.4) is 0 Å². The van der Waals surface area contributed by atoms with Gasteiger partial charge in [0.1, 0.15) is 0 Å². The number of methoxy groups -OCH3 is 1. The maximum atomic E-state index is 11.4. The molecule has 0 heterocycles. The molecule has 3 nitrogen and oxygen atoms in total. The zero-order valence-electron chi connectivity index (χ0n) is 12.8. The number of carbonyl (C=O) groups is 1. The maximum absolute atomic E-state index is 11.4. The molecule has 0 saturated heterocycles. The minimum absolute atomic E-state index is 0.139. The largest absolute Gasteiger partial charge is 0.469 e. The van der Waals surface area contributed by atoms with Crippen molar-refractivity contribution in [3.63, 3.8) is 0 Å². The third-order valence-corrected chi connectivity index (χ3v) is 8.24. The molecule has 0 saturated carbocycles. The van der Waals surface area contributed by atoms with Crippen molar-refractivity contribution in [2.45, 2.75) is 44.8 Å². The summed E-state index contributed by atoms with van der Waals surface area (Å²) in [6, 6.07) is 5.89. The highest BCUT2D eigenvalue weighted by atomic mass is 79.9. The molecule has 1 N–H and O–H groups in total. The smallest absolute Gasteiger partial charge is 0.309 e. The van der Waals surface area contributed by atoms with Gasteiger partial charge in [-0.2, -0.15) is 0 Å². The molecule has 0 aliphatic heterocycles. The van der Waals surface area contributed by atoms with Gasteiger partial charge >= 0.3 is 5.97 Å². The average Bonchev–Trinajstić information content (AvgIpc) is 2.31. The van der Waals surface area contributed by atoms with Crippen molar-refractivity contribution < 1.29 is 14.3 Å². The van der Waals surface area contributed by atoms with E-state index in [2.05, 4.69) is 29.8 Å². The monoisotopic (exact) mass is 358 g/mol. The van der Waals surface area contributed by atoms with Crippen molar-refractivity contribution >= 4 is 30.2 Å². The highest BCUT2D eigenvalue weighted by molar-refractivity contribution is 9.10. The molecule has 1 aromatic carbocycles. The maximum Gasteiger partial charge on any atom is 0.309 e. The molecule has 0 spiro atoms. The van der Waals surface area contributed by atoms with Crippen LogP contribution in [0.25, 0.3) is 0 Å². The summed E-state index contributed by atoms with van der Waals surface area (Å²) in [6.07, 6.45) is 1.05. The van der Waals surface area contributed by atoms with Crippen LogP contribution in [0.2, 0.25) is 18.1 Å². The van der Waals surface area contributed by atoms with Crippen molar-refractivity contribution in [3.8, 4) is 0 Å². The summed E-state index contributed by atoms with van der Waals surface area (Å²) in [6.45, 7) is 8.11. The van der Waals surface area contributed by atoms with E-state index in [1.165, 1.54) is 7.11 Å². The molecule has 0 fully saturated rings. The predicted molar refractivity (Wildman–Crippen MR) is 87.3 cm³/mol. The second kappa shape index (κ2) is 6.41. The van der Waals surface area contributed by atoms with Gasteiger partial charge in [0, 0.05) is 4.47 Å². The van der Waals surface area contributed by atoms with Crippen LogP contribution in [0.1, 0.15) is 25.0 Å². The van der Waals surface area contributed by atoms with Crippen molar-refractivity contribution in [1.29, 1.82) is 0 Å². The van der Waals surface area contributed by atoms with Gasteiger partial charge in [0.15, 0.2) is 8.32 Å². The lowest BCUT2D eigenvalue weighted by Gasteiger charge is -2.35. The van der Waals surface area contributed by atoms with E-state index >= 15 is 0 Å². The van der Waals surface area contributed by atoms with E-state index in [-0.39, 0.29) is 17.4 Å². The van der Waals surface area contributed by atoms with E-state index in [4.69, 9.17) is 4.74 Å². The van der Waals surface area contributed by atoms with Crippen LogP contribution in [0.5, 0.6) is 0 Å². The summed E-state index contributed by atoms with van der Waals surface area (Å²) < 4.78 is 5.71. The molecular weight excluding hydrogens is 336 g/mol. The normalized spacial score (nSPS) is 12.3. The standard InChI is InChI=1S/C15H23BrO3Si/c1-15(2,20(4,5)18)10-12-8-11(6-7-13(12)16)9-14(17)19-3/h6-8,18H,9-10H2,1-5H3. The number of rotatable bonds is 5. The van der Waals surface area contributed by atoms with Gasteiger partial charge in [-0.3, -0.25) is 4.79 Å². The molecule has 0 aliphatic carbocycles. The van der Waals surface area contributed by atoms with E-state index in [0.29, 0.717) is 0 Å². The zero-order valence-corrected chi connectivity index (χ0v) is 15.4. The zero-order chi connectivity index (χ0) is 15.6. The quantitative estimate of drug-likeness (QED) is 0.644. The summed E-state index contributed by atoms with van der Waals surface area (Å²) >= 11 is 3.55. The molecule has 0 aliphatic rings. The fourth-order valence-electron chi connectivity index (χ4n) is 1.80. The summed E-state index contributed by atoms with van der Waals surface area (Å²) in [5, 5.41) is -0.139. The Balaban J connectivity index is 3.01. The Hall–Kier alpha value is -0.653. The third kappa shape index (κ3) is 4.43. The minimum atomic E-state index is -2.26. The second-order valence-electron chi connectivity index (χ2n) is 6.30. The first-order valence-corrected chi connectivity index (χ1v) is 10.4. The van der Waals surface area contributed by atoms with Gasteiger partial charge in [-0.1, -0.05) is 41.9 Å². The van der Waals surface area contributed by atoms with E-state index in [0.717, 1.165) is 22.0 Å². The number of hydrogen-bond donors (Lipinski definition) is 1. The Morgan fingerprint density at radius 1 is 1.40 bits per heavy atom. The minimum Gasteiger partial charge on any atom is -0.469 e. The van der Waals surface area contributed by atoms with Gasteiger partial charge in [-0.25, -0.2) is 0 Å². The molecule has 0 bridgehead atoms. The molecule has 20 heavy (non-hydrogen) atoms. The molecule has 0 amide bonds. The highest BCUT2D eigenvalue weighted by Crippen LogP contribution is 2.40. The Bertz CT molecular complexity index is 492. The Morgan fingerprint density at radius 3 is 2.50 bits per heavy atom. The molecular formula is C15H23BrO3Si. The molecule has 112 valence electrons. The van der Waals surface area contributed by atoms with Gasteiger partial charge < -0.3 is 9.53 Å². The van der Waals surface area contributed by atoms with Gasteiger partial charge in [-0.15, -0.1) is 0 Å². The van der Waals surface area contributed by atoms with E-state index in [1.54, 1.807) is 0 Å². The Kier molecular flexibility index (Phi) is 5.58. The number of carbonyl (C=O) groups excluding carboxylic acids is 1. The summed E-state index contributed by atoms with van der Waals surface area (Å²) in [4.78, 5) is 21.8. The number of esters is 1. The molecule has 0 aromatic heterocycles. The highest BCUT2D eigenvalue weighted by Gasteiger charge is 2.38. The van der Waals surface area contributed by atoms with Crippen LogP contribution in [0, 0.1) is 0 Å². The molecule has 1 aromatic rings. The molecule has 0 unspecified atom stereocenters. The van der Waals surface area contributed by atoms with Gasteiger partial charge in [0.25, 0.3) is 0 Å². The van der Waals surface area contributed by atoms with E-state index in [9.17, 15) is 9.59 Å². The SMILES string of the molecule is COC(=O)Cc1ccc(Br)c(CC(C)(C)[Si](C)(C)O)c1. The summed E-state index contributed by atoms with van der Waals surface area (Å²) in [7, 11) is -0.865. The van der Waals surface area contributed by atoms with Gasteiger partial charge in [0.05, 0.1) is 13.5 Å². The van der Waals surface area contributed by atoms with Crippen LogP contribution in [0.4, 0.5) is 0 Å². The molecule has 5 heteroatoms. The van der Waals surface area contributed by atoms with Gasteiger partial charge in [-0.05, 0) is 41.7 Å². The van der Waals surface area contributed by atoms with Crippen LogP contribution >= 0.6 is 15.9 Å². The third-order valence-electron chi connectivity index (χ3n) is 3.97. The lowest BCUT2D eigenvalue weighted by Crippen LogP contribution is -2.40. The Labute approximate surface area is 130 Å². The number of ether oxygens (including phenoxy) is 1. The fraction of sp³-hybridized carbons (Fsp3) is 0.533. The summed E-state index contributed by atoms with van der Waals surface area (Å²) in [5.74, 6) is -0.241. The second-order valence-corrected chi connectivity index (χ2v) is 11.6. The Morgan fingerprint density at radius 2 is 2.00 bits per heavy atom. The number of hydrogen-bond acceptors (Lipinski definition) is 3. The number of halogens is 1. The van der Waals surface area contributed by atoms with Crippen molar-refractivity contribution in [2.24, 2.45) is 0 Å². The molecule has 1 rings (SSSR count). The van der Waals surface area contributed by atoms with Gasteiger partial charge in [0.2, 0.25) is 0 Å². The fourth-order valence-corrected chi connectivity index (χ4v) is 2.81. The van der Waals surface area contributed by atoms with E-state index in [1.807, 2.05) is 31.3 Å². The van der Waals surface area contributed by atoms with Crippen LogP contribution < -0.4 is 0 Å². The lowest BCUT2D eigenvalue weighted by molar-refractivity contribution is -0.139. The van der Waals surface area contributed by atoms with Crippen LogP contribution in [-0.4, -0.2) is 26.2 Å². The molecule has 0 radical (unpaired) electrons. The molecule has 0 atom stereocenters. The number of benzene rings is 1. The van der Waals surface area contributed by atoms with Crippen LogP contribution in [0.15, 0.2) is 22.7 Å². The van der Waals surface area contributed by atoms with E-state index < -0.39 is 8.32 Å². The van der Waals surface area contributed by atoms with Crippen molar-refractivity contribution in [1.82, 2.24) is 0 Å². The first kappa shape index (κ1) is 17.4. The lowest BCUT2D eigenvalue weighted by atomic mass is 9.99. The summed E-state index contributed by atoms with van der Waals surface area (Å²) in [5.41, 5.74) is 2.05. The van der Waals surface area contributed by atoms with Crippen molar-refractivity contribution in [2.75, 3.05) is 7.11 Å².